The van der Waals surface area contributed by atoms with Crippen molar-refractivity contribution in [2.24, 2.45) is 7.05 Å². The highest BCUT2D eigenvalue weighted by Gasteiger charge is 2.34. The summed E-state index contributed by atoms with van der Waals surface area (Å²) in [5.74, 6) is 0. The van der Waals surface area contributed by atoms with Crippen LogP contribution in [0.4, 0.5) is 18.9 Å². The first kappa shape index (κ1) is 12.7. The third-order valence-electron chi connectivity index (χ3n) is 2.18. The first-order valence-corrected chi connectivity index (χ1v) is 5.68. The SMILES string of the molecule is Cn1ncnc1Sc1ccc(N)cc1C(F)(F)F. The molecule has 0 spiro atoms. The maximum atomic E-state index is 12.8. The maximum absolute atomic E-state index is 12.8. The van der Waals surface area contributed by atoms with Crippen molar-refractivity contribution in [3.05, 3.63) is 30.1 Å². The summed E-state index contributed by atoms with van der Waals surface area (Å²) in [6.07, 6.45) is -3.16. The van der Waals surface area contributed by atoms with Crippen molar-refractivity contribution in [2.75, 3.05) is 5.73 Å². The van der Waals surface area contributed by atoms with Crippen LogP contribution in [0.3, 0.4) is 0 Å². The number of halogens is 3. The molecule has 0 aliphatic rings. The van der Waals surface area contributed by atoms with E-state index >= 15 is 0 Å². The average Bonchev–Trinajstić information content (AvgIpc) is 2.66. The second-order valence-electron chi connectivity index (χ2n) is 3.52. The van der Waals surface area contributed by atoms with Crippen LogP contribution in [0.1, 0.15) is 5.56 Å². The fourth-order valence-corrected chi connectivity index (χ4v) is 2.23. The molecular formula is C10H9F3N4S. The smallest absolute Gasteiger partial charge is 0.399 e. The van der Waals surface area contributed by atoms with Crippen LogP contribution in [0, 0.1) is 0 Å². The Morgan fingerprint density at radius 2 is 2.06 bits per heavy atom. The van der Waals surface area contributed by atoms with E-state index in [1.807, 2.05) is 0 Å². The van der Waals surface area contributed by atoms with Gasteiger partial charge in [-0.1, -0.05) is 0 Å². The summed E-state index contributed by atoms with van der Waals surface area (Å²) in [6.45, 7) is 0. The van der Waals surface area contributed by atoms with Crippen LogP contribution in [0.2, 0.25) is 0 Å². The number of anilines is 1. The molecule has 1 aromatic heterocycles. The van der Waals surface area contributed by atoms with Crippen LogP contribution in [-0.2, 0) is 13.2 Å². The molecule has 0 fully saturated rings. The molecule has 0 radical (unpaired) electrons. The summed E-state index contributed by atoms with van der Waals surface area (Å²) in [5.41, 5.74) is 4.69. The van der Waals surface area contributed by atoms with Crippen molar-refractivity contribution in [2.45, 2.75) is 16.2 Å². The van der Waals surface area contributed by atoms with Crippen LogP contribution >= 0.6 is 11.8 Å². The molecule has 1 heterocycles. The number of alkyl halides is 3. The normalized spacial score (nSPS) is 11.8. The zero-order valence-corrected chi connectivity index (χ0v) is 10.1. The van der Waals surface area contributed by atoms with Gasteiger partial charge in [-0.2, -0.15) is 18.3 Å². The Morgan fingerprint density at radius 3 is 2.61 bits per heavy atom. The van der Waals surface area contributed by atoms with Gasteiger partial charge in [-0.15, -0.1) is 0 Å². The van der Waals surface area contributed by atoms with Gasteiger partial charge in [0.2, 0.25) is 0 Å². The Bertz CT molecular complexity index is 564. The molecule has 2 rings (SSSR count). The molecule has 8 heteroatoms. The van der Waals surface area contributed by atoms with Gasteiger partial charge in [-0.3, -0.25) is 0 Å². The Hall–Kier alpha value is -1.70. The summed E-state index contributed by atoms with van der Waals surface area (Å²) in [6, 6.07) is 3.67. The van der Waals surface area contributed by atoms with Gasteiger partial charge in [-0.05, 0) is 30.0 Å². The number of hydrogen-bond donors (Lipinski definition) is 1. The Kier molecular flexibility index (Phi) is 3.20. The van der Waals surface area contributed by atoms with Crippen LogP contribution < -0.4 is 5.73 Å². The average molecular weight is 274 g/mol. The van der Waals surface area contributed by atoms with E-state index in [2.05, 4.69) is 10.1 Å². The summed E-state index contributed by atoms with van der Waals surface area (Å²) < 4.78 is 39.9. The minimum Gasteiger partial charge on any atom is -0.399 e. The first-order chi connectivity index (χ1) is 8.38. The lowest BCUT2D eigenvalue weighted by atomic mass is 10.2. The highest BCUT2D eigenvalue weighted by molar-refractivity contribution is 7.99. The number of nitrogens with two attached hydrogens (primary N) is 1. The fraction of sp³-hybridized carbons (Fsp3) is 0.200. The number of aromatic nitrogens is 3. The zero-order chi connectivity index (χ0) is 13.3. The molecule has 2 N–H and O–H groups in total. The predicted octanol–water partition coefficient (Wildman–Crippen LogP) is 2.57. The Labute approximate surface area is 105 Å². The van der Waals surface area contributed by atoms with Crippen LogP contribution in [-0.4, -0.2) is 14.8 Å². The predicted molar refractivity (Wildman–Crippen MR) is 61.0 cm³/mol. The number of rotatable bonds is 2. The summed E-state index contributed by atoms with van der Waals surface area (Å²) in [5, 5.41) is 4.18. The van der Waals surface area contributed by atoms with Crippen molar-refractivity contribution in [1.29, 1.82) is 0 Å². The van der Waals surface area contributed by atoms with E-state index in [9.17, 15) is 13.2 Å². The highest BCUT2D eigenvalue weighted by Crippen LogP contribution is 2.39. The molecule has 0 aliphatic carbocycles. The molecule has 4 nitrogen and oxygen atoms in total. The van der Waals surface area contributed by atoms with Gasteiger partial charge in [0.15, 0.2) is 5.16 Å². The van der Waals surface area contributed by atoms with Crippen LogP contribution in [0.5, 0.6) is 0 Å². The molecule has 0 saturated carbocycles. The van der Waals surface area contributed by atoms with Gasteiger partial charge in [-0.25, -0.2) is 9.67 Å². The number of nitrogens with zero attached hydrogens (tertiary/aromatic N) is 3. The van der Waals surface area contributed by atoms with Gasteiger partial charge in [0.05, 0.1) is 5.56 Å². The zero-order valence-electron chi connectivity index (χ0n) is 9.27. The lowest BCUT2D eigenvalue weighted by molar-refractivity contribution is -0.139. The van der Waals surface area contributed by atoms with E-state index in [0.717, 1.165) is 17.8 Å². The summed E-state index contributed by atoms with van der Waals surface area (Å²) >= 11 is 0.897. The van der Waals surface area contributed by atoms with E-state index in [-0.39, 0.29) is 10.6 Å². The van der Waals surface area contributed by atoms with E-state index in [1.54, 1.807) is 7.05 Å². The molecule has 0 bridgehead atoms. The molecule has 0 amide bonds. The number of aryl methyl sites for hydroxylation is 1. The molecular weight excluding hydrogens is 265 g/mol. The third-order valence-corrected chi connectivity index (χ3v) is 3.31. The van der Waals surface area contributed by atoms with Crippen molar-refractivity contribution in [3.63, 3.8) is 0 Å². The Morgan fingerprint density at radius 1 is 1.33 bits per heavy atom. The van der Waals surface area contributed by atoms with Gasteiger partial charge >= 0.3 is 6.18 Å². The largest absolute Gasteiger partial charge is 0.417 e. The summed E-state index contributed by atoms with van der Waals surface area (Å²) in [7, 11) is 1.61. The van der Waals surface area contributed by atoms with E-state index < -0.39 is 11.7 Å². The van der Waals surface area contributed by atoms with Crippen molar-refractivity contribution in [1.82, 2.24) is 14.8 Å². The highest BCUT2D eigenvalue weighted by atomic mass is 32.2. The molecule has 2 aromatic rings. The molecule has 0 unspecified atom stereocenters. The molecule has 96 valence electrons. The summed E-state index contributed by atoms with van der Waals surface area (Å²) in [4.78, 5) is 3.92. The molecule has 0 aliphatic heterocycles. The minimum absolute atomic E-state index is 0.0489. The number of benzene rings is 1. The lowest BCUT2D eigenvalue weighted by Gasteiger charge is -2.12. The van der Waals surface area contributed by atoms with Crippen molar-refractivity contribution in [3.8, 4) is 0 Å². The van der Waals surface area contributed by atoms with Crippen molar-refractivity contribution < 1.29 is 13.2 Å². The van der Waals surface area contributed by atoms with Gasteiger partial charge in [0.1, 0.15) is 6.33 Å². The second kappa shape index (κ2) is 4.52. The van der Waals surface area contributed by atoms with E-state index in [0.29, 0.717) is 5.16 Å². The maximum Gasteiger partial charge on any atom is 0.417 e. The Balaban J connectivity index is 2.42. The second-order valence-corrected chi connectivity index (χ2v) is 4.53. The van der Waals surface area contributed by atoms with Crippen molar-refractivity contribution >= 4 is 17.4 Å². The number of nitrogen functional groups attached to an aromatic ring is 1. The van der Waals surface area contributed by atoms with Crippen LogP contribution in [0.25, 0.3) is 0 Å². The molecule has 18 heavy (non-hydrogen) atoms. The fourth-order valence-electron chi connectivity index (χ4n) is 1.33. The first-order valence-electron chi connectivity index (χ1n) is 4.86. The van der Waals surface area contributed by atoms with E-state index in [4.69, 9.17) is 5.73 Å². The molecule has 0 atom stereocenters. The lowest BCUT2D eigenvalue weighted by Crippen LogP contribution is -2.08. The van der Waals surface area contributed by atoms with Gasteiger partial charge in [0.25, 0.3) is 0 Å². The van der Waals surface area contributed by atoms with Crippen LogP contribution in [0.15, 0.2) is 34.6 Å². The minimum atomic E-state index is -4.45. The standard InChI is InChI=1S/C10H9F3N4S/c1-17-9(15-5-16-17)18-8-3-2-6(14)4-7(8)10(11,12)13/h2-5H,14H2,1H3. The quantitative estimate of drug-likeness (QED) is 0.855. The third kappa shape index (κ3) is 2.58. The van der Waals surface area contributed by atoms with Gasteiger partial charge < -0.3 is 5.73 Å². The van der Waals surface area contributed by atoms with E-state index in [1.165, 1.54) is 23.1 Å². The molecule has 0 saturated heterocycles. The number of hydrogen-bond acceptors (Lipinski definition) is 4. The van der Waals surface area contributed by atoms with Gasteiger partial charge in [0, 0.05) is 17.6 Å². The molecule has 1 aromatic carbocycles. The monoisotopic (exact) mass is 274 g/mol. The topological polar surface area (TPSA) is 56.7 Å².